The van der Waals surface area contributed by atoms with Gasteiger partial charge in [-0.05, 0) is 31.5 Å². The molecule has 1 unspecified atom stereocenters. The summed E-state index contributed by atoms with van der Waals surface area (Å²) in [4.78, 5) is 17.2. The summed E-state index contributed by atoms with van der Waals surface area (Å²) in [6.07, 6.45) is 8.55. The number of anilines is 3. The van der Waals surface area contributed by atoms with Crippen molar-refractivity contribution < 1.29 is 4.39 Å². The van der Waals surface area contributed by atoms with Crippen LogP contribution < -0.4 is 10.6 Å². The second-order valence-corrected chi connectivity index (χ2v) is 6.65. The fourth-order valence-electron chi connectivity index (χ4n) is 2.92. The molecular weight excluding hydrogens is 440 g/mol. The number of rotatable bonds is 6. The maximum Gasteiger partial charge on any atom is 0.150 e. The zero-order valence-corrected chi connectivity index (χ0v) is 18.5. The van der Waals surface area contributed by atoms with Gasteiger partial charge in [-0.25, -0.2) is 19.3 Å². The van der Waals surface area contributed by atoms with Crippen LogP contribution in [0.15, 0.2) is 67.5 Å². The van der Waals surface area contributed by atoms with E-state index >= 15 is 0 Å². The molecule has 0 saturated carbocycles. The van der Waals surface area contributed by atoms with E-state index in [1.165, 1.54) is 12.1 Å². The fourth-order valence-corrected chi connectivity index (χ4v) is 2.92. The Balaban J connectivity index is 0.00000171. The van der Waals surface area contributed by atoms with Crippen molar-refractivity contribution in [2.75, 3.05) is 10.6 Å². The van der Waals surface area contributed by atoms with Crippen molar-refractivity contribution in [3.05, 3.63) is 84.6 Å². The maximum atomic E-state index is 13.2. The molecule has 0 aliphatic rings. The molecule has 1 aromatic carbocycles. The molecule has 4 rings (SSSR count). The van der Waals surface area contributed by atoms with E-state index in [4.69, 9.17) is 0 Å². The van der Waals surface area contributed by atoms with Gasteiger partial charge in [0.2, 0.25) is 0 Å². The molecule has 7 nitrogen and oxygen atoms in total. The molecule has 4 aromatic rings. The molecule has 10 heteroatoms. The van der Waals surface area contributed by atoms with Crippen molar-refractivity contribution in [1.29, 1.82) is 0 Å². The summed E-state index contributed by atoms with van der Waals surface area (Å²) in [5.41, 5.74) is 2.76. The van der Waals surface area contributed by atoms with E-state index in [1.54, 1.807) is 37.1 Å². The lowest BCUT2D eigenvalue weighted by Gasteiger charge is -2.17. The van der Waals surface area contributed by atoms with Crippen LogP contribution in [0, 0.1) is 12.7 Å². The summed E-state index contributed by atoms with van der Waals surface area (Å²) in [6, 6.07) is 10.2. The van der Waals surface area contributed by atoms with E-state index in [0.29, 0.717) is 17.5 Å². The van der Waals surface area contributed by atoms with Gasteiger partial charge >= 0.3 is 0 Å². The summed E-state index contributed by atoms with van der Waals surface area (Å²) >= 11 is 0. The Morgan fingerprint density at radius 3 is 2.35 bits per heavy atom. The molecule has 2 N–H and O–H groups in total. The number of halogens is 3. The highest BCUT2D eigenvalue weighted by atomic mass is 35.5. The van der Waals surface area contributed by atoms with E-state index in [0.717, 1.165) is 16.9 Å². The van der Waals surface area contributed by atoms with E-state index in [2.05, 4.69) is 30.6 Å². The lowest BCUT2D eigenvalue weighted by atomic mass is 10.1. The molecule has 0 radical (unpaired) electrons. The zero-order chi connectivity index (χ0) is 20.2. The molecule has 162 valence electrons. The maximum absolute atomic E-state index is 13.2. The third-order valence-electron chi connectivity index (χ3n) is 4.37. The van der Waals surface area contributed by atoms with Gasteiger partial charge in [0.15, 0.2) is 0 Å². The Labute approximate surface area is 192 Å². The predicted molar refractivity (Wildman–Crippen MR) is 124 cm³/mol. The van der Waals surface area contributed by atoms with Crippen molar-refractivity contribution in [2.45, 2.75) is 19.9 Å². The first-order valence-electron chi connectivity index (χ1n) is 9.15. The van der Waals surface area contributed by atoms with Gasteiger partial charge in [0.1, 0.15) is 23.3 Å². The number of imidazole rings is 1. The summed E-state index contributed by atoms with van der Waals surface area (Å²) in [7, 11) is 0. The number of pyridine rings is 1. The summed E-state index contributed by atoms with van der Waals surface area (Å²) in [5.74, 6) is 1.61. The molecule has 0 saturated heterocycles. The van der Waals surface area contributed by atoms with Crippen LogP contribution >= 0.6 is 24.8 Å². The first-order chi connectivity index (χ1) is 14.1. The number of aromatic nitrogens is 5. The monoisotopic (exact) mass is 461 g/mol. The minimum atomic E-state index is -0.257. The van der Waals surface area contributed by atoms with Crippen molar-refractivity contribution in [1.82, 2.24) is 24.5 Å². The second-order valence-electron chi connectivity index (χ2n) is 6.65. The molecule has 0 bridgehead atoms. The topological polar surface area (TPSA) is 80.5 Å². The number of hydrogen-bond acceptors (Lipinski definition) is 6. The highest BCUT2D eigenvalue weighted by Crippen LogP contribution is 2.24. The highest BCUT2D eigenvalue weighted by molar-refractivity contribution is 5.85. The first kappa shape index (κ1) is 24.0. The van der Waals surface area contributed by atoms with Crippen molar-refractivity contribution in [2.24, 2.45) is 0 Å². The van der Waals surface area contributed by atoms with Crippen LogP contribution in [0.5, 0.6) is 0 Å². The molecule has 3 aromatic heterocycles. The van der Waals surface area contributed by atoms with Crippen LogP contribution in [0.2, 0.25) is 0 Å². The van der Waals surface area contributed by atoms with Crippen LogP contribution in [-0.4, -0.2) is 24.5 Å². The third kappa shape index (κ3) is 6.13. The molecule has 1 atom stereocenters. The van der Waals surface area contributed by atoms with Gasteiger partial charge in [0.25, 0.3) is 0 Å². The number of nitrogens with one attached hydrogen (secondary N) is 2. The fraction of sp³-hybridized carbons (Fsp3) is 0.143. The van der Waals surface area contributed by atoms with Gasteiger partial charge in [-0.1, -0.05) is 12.1 Å². The molecule has 3 heterocycles. The lowest BCUT2D eigenvalue weighted by molar-refractivity contribution is 0.626. The van der Waals surface area contributed by atoms with Crippen molar-refractivity contribution in [3.63, 3.8) is 0 Å². The Hall–Kier alpha value is -3.23. The van der Waals surface area contributed by atoms with Crippen LogP contribution in [0.3, 0.4) is 0 Å². The minimum Gasteiger partial charge on any atom is -0.363 e. The van der Waals surface area contributed by atoms with E-state index in [-0.39, 0.29) is 36.7 Å². The summed E-state index contributed by atoms with van der Waals surface area (Å²) in [6.45, 7) is 3.94. The van der Waals surface area contributed by atoms with Crippen molar-refractivity contribution >= 4 is 42.3 Å². The zero-order valence-electron chi connectivity index (χ0n) is 16.9. The normalized spacial score (nSPS) is 11.1. The Kier molecular flexibility index (Phi) is 8.30. The molecule has 0 amide bonds. The Bertz CT molecular complexity index is 1100. The lowest BCUT2D eigenvalue weighted by Crippen LogP contribution is -2.10. The van der Waals surface area contributed by atoms with Gasteiger partial charge in [0.05, 0.1) is 23.9 Å². The summed E-state index contributed by atoms with van der Waals surface area (Å²) < 4.78 is 15.1. The van der Waals surface area contributed by atoms with Gasteiger partial charge in [0, 0.05) is 36.8 Å². The molecule has 0 aliphatic carbocycles. The minimum absolute atomic E-state index is 0. The van der Waals surface area contributed by atoms with Crippen molar-refractivity contribution in [3.8, 4) is 5.69 Å². The van der Waals surface area contributed by atoms with Crippen LogP contribution in [0.4, 0.5) is 21.8 Å². The summed E-state index contributed by atoms with van der Waals surface area (Å²) in [5, 5.41) is 6.55. The third-order valence-corrected chi connectivity index (χ3v) is 4.37. The molecular formula is C21H22Cl2FN7. The quantitative estimate of drug-likeness (QED) is 0.407. The number of hydrogen-bond donors (Lipinski definition) is 2. The number of aryl methyl sites for hydroxylation is 1. The van der Waals surface area contributed by atoms with Gasteiger partial charge in [-0.15, -0.1) is 24.8 Å². The largest absolute Gasteiger partial charge is 0.363 e. The van der Waals surface area contributed by atoms with Gasteiger partial charge in [-0.2, -0.15) is 0 Å². The standard InChI is InChI=1S/C21H20FN7.2ClH/c1-14-12-29(13-25-14)18-9-19(26-15(2)16-3-5-17(22)6-4-16)27-20(10-18)28-21-11-23-7-8-24-21;;/h3-13,15H,1-2H3,(H2,24,26,27,28);2*1H. The number of benzene rings is 1. The average Bonchev–Trinajstić information content (AvgIpc) is 3.15. The van der Waals surface area contributed by atoms with Crippen LogP contribution in [0.1, 0.15) is 24.2 Å². The molecule has 0 fully saturated rings. The van der Waals surface area contributed by atoms with Crippen LogP contribution in [-0.2, 0) is 0 Å². The smallest absolute Gasteiger partial charge is 0.150 e. The van der Waals surface area contributed by atoms with E-state index in [9.17, 15) is 4.39 Å². The molecule has 31 heavy (non-hydrogen) atoms. The second kappa shape index (κ2) is 10.7. The Morgan fingerprint density at radius 2 is 1.71 bits per heavy atom. The molecule has 0 spiro atoms. The number of nitrogens with zero attached hydrogens (tertiary/aromatic N) is 5. The van der Waals surface area contributed by atoms with Gasteiger partial charge < -0.3 is 15.2 Å². The van der Waals surface area contributed by atoms with E-state index < -0.39 is 0 Å². The highest BCUT2D eigenvalue weighted by Gasteiger charge is 2.10. The predicted octanol–water partition coefficient (Wildman–Crippen LogP) is 5.27. The Morgan fingerprint density at radius 1 is 0.968 bits per heavy atom. The molecule has 0 aliphatic heterocycles. The van der Waals surface area contributed by atoms with Crippen LogP contribution in [0.25, 0.3) is 5.69 Å². The first-order valence-corrected chi connectivity index (χ1v) is 9.15. The average molecular weight is 462 g/mol. The SMILES string of the molecule is Cc1cn(-c2cc(Nc3cnccn3)nc(NC(C)c3ccc(F)cc3)c2)cn1.Cl.Cl. The van der Waals surface area contributed by atoms with Gasteiger partial charge in [-0.3, -0.25) is 4.98 Å². The van der Waals surface area contributed by atoms with E-state index in [1.807, 2.05) is 36.7 Å².